The molecule has 2 bridgehead atoms. The third-order valence-electron chi connectivity index (χ3n) is 9.57. The zero-order valence-electron chi connectivity index (χ0n) is 29.1. The molecule has 0 aliphatic carbocycles. The molecule has 2 fully saturated rings. The molecule has 0 spiro atoms. The van der Waals surface area contributed by atoms with Crippen molar-refractivity contribution in [2.45, 2.75) is 95.8 Å². The first kappa shape index (κ1) is 36.3. The van der Waals surface area contributed by atoms with Crippen molar-refractivity contribution in [1.29, 1.82) is 0 Å². The van der Waals surface area contributed by atoms with Crippen LogP contribution in [0.5, 0.6) is 0 Å². The van der Waals surface area contributed by atoms with Gasteiger partial charge in [0.1, 0.15) is 18.8 Å². The molecule has 5 rings (SSSR count). The summed E-state index contributed by atoms with van der Waals surface area (Å²) < 4.78 is 23.9. The number of esters is 1. The first-order chi connectivity index (χ1) is 23.6. The van der Waals surface area contributed by atoms with Gasteiger partial charge in [-0.1, -0.05) is 112 Å². The van der Waals surface area contributed by atoms with E-state index in [0.29, 0.717) is 32.4 Å². The smallest absolute Gasteiger partial charge is 0.408 e. The lowest BCUT2D eigenvalue weighted by Gasteiger charge is -2.43. The number of fused-ring (bicyclic) bond motifs is 2. The van der Waals surface area contributed by atoms with Crippen molar-refractivity contribution in [1.82, 2.24) is 10.6 Å². The lowest BCUT2D eigenvalue weighted by Crippen LogP contribution is -2.66. The first-order valence-electron chi connectivity index (χ1n) is 17.4. The van der Waals surface area contributed by atoms with E-state index >= 15 is 0 Å². The molecule has 3 aromatic carbocycles. The summed E-state index contributed by atoms with van der Waals surface area (Å²) in [5.74, 6) is -0.541. The number of rotatable bonds is 15. The Balaban J connectivity index is 1.17. The molecule has 0 aromatic heterocycles. The van der Waals surface area contributed by atoms with Crippen LogP contribution >= 0.6 is 0 Å². The molecule has 10 heteroatoms. The maximum Gasteiger partial charge on any atom is 0.408 e. The molecule has 3 aromatic rings. The second-order valence-electron chi connectivity index (χ2n) is 14.1. The summed E-state index contributed by atoms with van der Waals surface area (Å²) in [6, 6.07) is 29.7. The van der Waals surface area contributed by atoms with E-state index in [1.54, 1.807) is 0 Å². The molecule has 49 heavy (non-hydrogen) atoms. The standard InChI is InChI=1S/C39H50N2O7Si/c1-28(42)47-36-26-34-30(25-35(36)48-34)24-33(41-38(44)45-27-29-16-8-5-9-17-29)37(43)40-22-14-15-23-46-49(39(2,3)4,31-18-10-6-11-19-31)32-20-12-7-13-21-32/h5-13,16-21,30,33-36H,14-15,22-27H2,1-4H3,(H,40,43)(H,41,44)/t30-,33+,34-,35-,36+/m1/s1. The number of unbranched alkanes of at least 4 members (excludes halogenated alkanes) is 1. The van der Waals surface area contributed by atoms with Crippen LogP contribution in [0.1, 0.15) is 65.4 Å². The molecule has 2 amide bonds. The van der Waals surface area contributed by atoms with Crippen LogP contribution in [-0.4, -0.2) is 63.8 Å². The Morgan fingerprint density at radius 2 is 1.47 bits per heavy atom. The maximum atomic E-state index is 13.5. The monoisotopic (exact) mass is 686 g/mol. The van der Waals surface area contributed by atoms with Crippen LogP contribution in [0, 0.1) is 5.92 Å². The highest BCUT2D eigenvalue weighted by Crippen LogP contribution is 2.42. The van der Waals surface area contributed by atoms with Crippen molar-refractivity contribution in [2.75, 3.05) is 13.2 Å². The topological polar surface area (TPSA) is 112 Å². The maximum absolute atomic E-state index is 13.5. The molecule has 2 heterocycles. The fraction of sp³-hybridized carbons (Fsp3) is 0.462. The number of hydrogen-bond acceptors (Lipinski definition) is 7. The molecule has 2 N–H and O–H groups in total. The first-order valence-corrected chi connectivity index (χ1v) is 19.3. The SMILES string of the molecule is CC(=O)O[C@H]1C[C@H]2O[C@@H]1C[C@H]2C[C@H](NC(=O)OCc1ccccc1)C(=O)NCCCCO[Si](c1ccccc1)(c1ccccc1)C(C)(C)C. The van der Waals surface area contributed by atoms with E-state index in [0.717, 1.165) is 18.4 Å². The molecule has 0 radical (unpaired) electrons. The lowest BCUT2D eigenvalue weighted by molar-refractivity contribution is -0.148. The average Bonchev–Trinajstić information content (AvgIpc) is 3.67. The minimum atomic E-state index is -2.63. The zero-order valence-corrected chi connectivity index (χ0v) is 30.1. The minimum absolute atomic E-state index is 0.0434. The van der Waals surface area contributed by atoms with Gasteiger partial charge in [-0.05, 0) is 52.6 Å². The van der Waals surface area contributed by atoms with Crippen LogP contribution in [0.25, 0.3) is 0 Å². The average molecular weight is 687 g/mol. The van der Waals surface area contributed by atoms with E-state index in [4.69, 9.17) is 18.6 Å². The Morgan fingerprint density at radius 1 is 0.857 bits per heavy atom. The van der Waals surface area contributed by atoms with Crippen molar-refractivity contribution in [2.24, 2.45) is 5.92 Å². The normalized spacial score (nSPS) is 20.7. The molecular formula is C39H50N2O7Si. The molecule has 262 valence electrons. The van der Waals surface area contributed by atoms with Crippen molar-refractivity contribution in [3.05, 3.63) is 96.6 Å². The number of ether oxygens (including phenoxy) is 3. The van der Waals surface area contributed by atoms with E-state index in [-0.39, 0.29) is 47.8 Å². The number of carbonyl (C=O) groups is 3. The summed E-state index contributed by atoms with van der Waals surface area (Å²) in [6.07, 6.45) is 1.90. The van der Waals surface area contributed by atoms with Crippen molar-refractivity contribution < 1.29 is 33.0 Å². The highest BCUT2D eigenvalue weighted by Gasteiger charge is 2.51. The second kappa shape index (κ2) is 16.6. The summed E-state index contributed by atoms with van der Waals surface area (Å²) in [6.45, 7) is 9.29. The predicted molar refractivity (Wildman–Crippen MR) is 191 cm³/mol. The van der Waals surface area contributed by atoms with Crippen LogP contribution in [0.15, 0.2) is 91.0 Å². The molecule has 2 saturated heterocycles. The van der Waals surface area contributed by atoms with Gasteiger partial charge in [0.25, 0.3) is 8.32 Å². The van der Waals surface area contributed by atoms with Gasteiger partial charge in [-0.3, -0.25) is 9.59 Å². The Kier molecular flexibility index (Phi) is 12.3. The van der Waals surface area contributed by atoms with Gasteiger partial charge in [-0.25, -0.2) is 4.79 Å². The van der Waals surface area contributed by atoms with Crippen LogP contribution in [0.4, 0.5) is 4.79 Å². The van der Waals surface area contributed by atoms with Gasteiger partial charge < -0.3 is 29.3 Å². The minimum Gasteiger partial charge on any atom is -0.460 e. The fourth-order valence-corrected chi connectivity index (χ4v) is 11.9. The second-order valence-corrected chi connectivity index (χ2v) is 18.4. The van der Waals surface area contributed by atoms with Crippen LogP contribution < -0.4 is 21.0 Å². The van der Waals surface area contributed by atoms with E-state index in [1.165, 1.54) is 17.3 Å². The summed E-state index contributed by atoms with van der Waals surface area (Å²) >= 11 is 0. The molecule has 2 aliphatic rings. The van der Waals surface area contributed by atoms with Crippen molar-refractivity contribution in [3.63, 3.8) is 0 Å². The quantitative estimate of drug-likeness (QED) is 0.128. The van der Waals surface area contributed by atoms with Gasteiger partial charge in [-0.2, -0.15) is 0 Å². The van der Waals surface area contributed by atoms with E-state index in [2.05, 4.69) is 79.9 Å². The Morgan fingerprint density at radius 3 is 2.02 bits per heavy atom. The van der Waals surface area contributed by atoms with Gasteiger partial charge >= 0.3 is 12.1 Å². The molecule has 0 saturated carbocycles. The van der Waals surface area contributed by atoms with E-state index in [9.17, 15) is 14.4 Å². The molecular weight excluding hydrogens is 637 g/mol. The van der Waals surface area contributed by atoms with Crippen LogP contribution in [0.2, 0.25) is 5.04 Å². The number of nitrogens with one attached hydrogen (secondary N) is 2. The molecule has 0 unspecified atom stereocenters. The Bertz CT molecular complexity index is 1480. The molecule has 2 aliphatic heterocycles. The summed E-state index contributed by atoms with van der Waals surface area (Å²) in [5, 5.41) is 8.21. The molecule has 5 atom stereocenters. The largest absolute Gasteiger partial charge is 0.460 e. The van der Waals surface area contributed by atoms with E-state index < -0.39 is 20.5 Å². The number of benzene rings is 3. The van der Waals surface area contributed by atoms with Crippen molar-refractivity contribution in [3.8, 4) is 0 Å². The van der Waals surface area contributed by atoms with Crippen LogP contribution in [0.3, 0.4) is 0 Å². The highest BCUT2D eigenvalue weighted by molar-refractivity contribution is 6.99. The third kappa shape index (κ3) is 9.17. The Hall–Kier alpha value is -3.99. The van der Waals surface area contributed by atoms with E-state index in [1.807, 2.05) is 42.5 Å². The number of alkyl carbamates (subject to hydrolysis) is 1. The summed E-state index contributed by atoms with van der Waals surface area (Å²) in [7, 11) is -2.63. The third-order valence-corrected chi connectivity index (χ3v) is 14.6. The van der Waals surface area contributed by atoms with Gasteiger partial charge in [0.15, 0.2) is 0 Å². The van der Waals surface area contributed by atoms with Crippen molar-refractivity contribution >= 4 is 36.7 Å². The summed E-state index contributed by atoms with van der Waals surface area (Å²) in [4.78, 5) is 37.9. The van der Waals surface area contributed by atoms with Crippen LogP contribution in [-0.2, 0) is 34.8 Å². The predicted octanol–water partition coefficient (Wildman–Crippen LogP) is 5.25. The number of carbonyl (C=O) groups excluding carboxylic acids is 3. The zero-order chi connectivity index (χ0) is 34.9. The van der Waals surface area contributed by atoms with Gasteiger partial charge in [0.05, 0.1) is 12.2 Å². The number of amides is 2. The Labute approximate surface area is 291 Å². The lowest BCUT2D eigenvalue weighted by atomic mass is 9.83. The van der Waals surface area contributed by atoms with Gasteiger partial charge in [-0.15, -0.1) is 0 Å². The highest BCUT2D eigenvalue weighted by atomic mass is 28.4. The fourth-order valence-electron chi connectivity index (χ4n) is 7.28. The van der Waals surface area contributed by atoms with Gasteiger partial charge in [0.2, 0.25) is 5.91 Å². The summed E-state index contributed by atoms with van der Waals surface area (Å²) in [5.41, 5.74) is 0.858. The molecule has 9 nitrogen and oxygen atoms in total. The number of hydrogen-bond donors (Lipinski definition) is 2. The van der Waals surface area contributed by atoms with Gasteiger partial charge in [0, 0.05) is 26.5 Å².